The van der Waals surface area contributed by atoms with Crippen molar-refractivity contribution in [2.75, 3.05) is 11.9 Å². The molecule has 1 atom stereocenters. The summed E-state index contributed by atoms with van der Waals surface area (Å²) < 4.78 is 18.7. The van der Waals surface area contributed by atoms with Crippen LogP contribution in [0.5, 0.6) is 5.88 Å². The molecular weight excluding hydrogens is 393 g/mol. The van der Waals surface area contributed by atoms with E-state index in [9.17, 15) is 19.4 Å². The fraction of sp³-hybridized carbons (Fsp3) is 0.350. The third-order valence-electron chi connectivity index (χ3n) is 4.44. The maximum Gasteiger partial charge on any atom is 0.320 e. The molecule has 0 spiro atoms. The topological polar surface area (TPSA) is 132 Å². The van der Waals surface area contributed by atoms with Crippen molar-refractivity contribution >= 4 is 22.8 Å². The molecule has 5 N–H and O–H groups in total. The fourth-order valence-electron chi connectivity index (χ4n) is 3.12. The highest BCUT2D eigenvalue weighted by Crippen LogP contribution is 2.29. The summed E-state index contributed by atoms with van der Waals surface area (Å²) in [4.78, 5) is 16.8. The molecule has 0 saturated carbocycles. The first kappa shape index (κ1) is 21.5. The summed E-state index contributed by atoms with van der Waals surface area (Å²) in [6.45, 7) is 4.90. The molecule has 0 aliphatic heterocycles. The number of nitrogens with zero attached hydrogens (tertiary/aromatic N) is 2. The van der Waals surface area contributed by atoms with Crippen LogP contribution in [0.3, 0.4) is 0 Å². The average molecular weight is 417 g/mol. The largest absolute Gasteiger partial charge is 0.476 e. The maximum absolute atomic E-state index is 13.2. The predicted molar refractivity (Wildman–Crippen MR) is 109 cm³/mol. The molecule has 2 heterocycles. The van der Waals surface area contributed by atoms with Crippen LogP contribution >= 0.6 is 0 Å². The van der Waals surface area contributed by atoms with Crippen molar-refractivity contribution in [3.8, 4) is 5.88 Å². The molecule has 0 aliphatic carbocycles. The molecule has 1 aromatic carbocycles. The van der Waals surface area contributed by atoms with Crippen LogP contribution in [0.1, 0.15) is 38.1 Å². The van der Waals surface area contributed by atoms with E-state index in [1.165, 1.54) is 38.1 Å². The zero-order valence-corrected chi connectivity index (χ0v) is 16.9. The van der Waals surface area contributed by atoms with E-state index < -0.39 is 23.5 Å². The molecule has 30 heavy (non-hydrogen) atoms. The Bertz CT molecular complexity index is 1030. The van der Waals surface area contributed by atoms with Gasteiger partial charge in [0.1, 0.15) is 11.6 Å². The van der Waals surface area contributed by atoms with Gasteiger partial charge in [0, 0.05) is 6.07 Å². The lowest BCUT2D eigenvalue weighted by molar-refractivity contribution is 0.0415. The number of aromatic nitrogens is 3. The molecule has 2 amide bonds. The monoisotopic (exact) mass is 417 g/mol. The number of nitrogens with one attached hydrogen (secondary N) is 3. The van der Waals surface area contributed by atoms with Gasteiger partial charge in [-0.1, -0.05) is 12.1 Å². The minimum atomic E-state index is -1.32. The second-order valence-electron chi connectivity index (χ2n) is 7.23. The van der Waals surface area contributed by atoms with E-state index in [0.717, 1.165) is 0 Å². The predicted octanol–water partition coefficient (Wildman–Crippen LogP) is 2.62. The van der Waals surface area contributed by atoms with Gasteiger partial charge >= 0.3 is 6.03 Å². The van der Waals surface area contributed by atoms with Crippen LogP contribution in [0.15, 0.2) is 30.3 Å². The summed E-state index contributed by atoms with van der Waals surface area (Å²) in [5, 5.41) is 32.8. The van der Waals surface area contributed by atoms with Gasteiger partial charge < -0.3 is 20.3 Å². The molecule has 0 unspecified atom stereocenters. The van der Waals surface area contributed by atoms with E-state index in [-0.39, 0.29) is 18.1 Å². The first-order chi connectivity index (χ1) is 14.2. The van der Waals surface area contributed by atoms with Gasteiger partial charge in [-0.25, -0.2) is 14.2 Å². The maximum atomic E-state index is 13.2. The van der Waals surface area contributed by atoms with Crippen molar-refractivity contribution in [3.63, 3.8) is 0 Å². The lowest BCUT2D eigenvalue weighted by Gasteiger charge is -2.30. The standard InChI is InChI=1S/C20H24FN5O4/c1-4-30-18-16-13(25-26-18)9-15(22-14(16)10-27)23-19(28)24-17(20(2,3)29)11-5-7-12(21)8-6-11/h5-9,17,27,29H,4,10H2,1-3H3,(H,25,26)(H2,22,23,24,28)/t17-/m0/s1. The van der Waals surface area contributed by atoms with Gasteiger partial charge in [0.15, 0.2) is 0 Å². The second kappa shape index (κ2) is 8.64. The van der Waals surface area contributed by atoms with E-state index in [2.05, 4.69) is 25.8 Å². The summed E-state index contributed by atoms with van der Waals surface area (Å²) in [6, 6.07) is 5.61. The van der Waals surface area contributed by atoms with Crippen LogP contribution in [0, 0.1) is 5.82 Å². The Hall–Kier alpha value is -3.24. The summed E-state index contributed by atoms with van der Waals surface area (Å²) in [5.41, 5.74) is 0.0369. The van der Waals surface area contributed by atoms with Gasteiger partial charge in [-0.2, -0.15) is 0 Å². The summed E-state index contributed by atoms with van der Waals surface area (Å²) in [7, 11) is 0. The van der Waals surface area contributed by atoms with Crippen LogP contribution in [0.2, 0.25) is 0 Å². The zero-order chi connectivity index (χ0) is 21.9. The Balaban J connectivity index is 1.83. The number of H-pyrrole nitrogens is 1. The molecule has 0 bridgehead atoms. The number of aromatic amines is 1. The van der Waals surface area contributed by atoms with Gasteiger partial charge in [-0.05, 0) is 38.5 Å². The number of hydrogen-bond donors (Lipinski definition) is 5. The van der Waals surface area contributed by atoms with Crippen molar-refractivity contribution in [3.05, 3.63) is 47.4 Å². The number of anilines is 1. The molecule has 0 saturated heterocycles. The number of fused-ring (bicyclic) bond motifs is 1. The molecule has 9 nitrogen and oxygen atoms in total. The van der Waals surface area contributed by atoms with Crippen molar-refractivity contribution in [1.29, 1.82) is 0 Å². The molecular formula is C20H24FN5O4. The Morgan fingerprint density at radius 3 is 2.63 bits per heavy atom. The highest BCUT2D eigenvalue weighted by molar-refractivity contribution is 5.93. The van der Waals surface area contributed by atoms with Gasteiger partial charge in [0.05, 0.1) is 41.5 Å². The molecule has 0 radical (unpaired) electrons. The van der Waals surface area contributed by atoms with Crippen LogP contribution in [0.4, 0.5) is 15.0 Å². The number of urea groups is 1. The first-order valence-electron chi connectivity index (χ1n) is 9.40. The van der Waals surface area contributed by atoms with Gasteiger partial charge in [-0.3, -0.25) is 10.4 Å². The number of aliphatic hydroxyl groups is 2. The highest BCUT2D eigenvalue weighted by Gasteiger charge is 2.30. The van der Waals surface area contributed by atoms with Crippen LogP contribution in [-0.2, 0) is 6.61 Å². The molecule has 2 aromatic heterocycles. The lowest BCUT2D eigenvalue weighted by Crippen LogP contribution is -2.44. The highest BCUT2D eigenvalue weighted by atomic mass is 19.1. The fourth-order valence-corrected chi connectivity index (χ4v) is 3.12. The number of amides is 2. The molecule has 3 rings (SSSR count). The number of rotatable bonds is 7. The van der Waals surface area contributed by atoms with E-state index in [4.69, 9.17) is 4.74 Å². The third-order valence-corrected chi connectivity index (χ3v) is 4.44. The number of halogens is 1. The molecule has 10 heteroatoms. The van der Waals surface area contributed by atoms with Crippen LogP contribution < -0.4 is 15.4 Å². The number of hydrogen-bond acceptors (Lipinski definition) is 6. The Kier molecular flexibility index (Phi) is 6.18. The van der Waals surface area contributed by atoms with Crippen molar-refractivity contribution in [1.82, 2.24) is 20.5 Å². The van der Waals surface area contributed by atoms with Crippen LogP contribution in [0.25, 0.3) is 10.9 Å². The normalized spacial score (nSPS) is 12.6. The average Bonchev–Trinajstić information content (AvgIpc) is 3.08. The van der Waals surface area contributed by atoms with E-state index in [0.29, 0.717) is 29.0 Å². The number of ether oxygens (including phenoxy) is 1. The molecule has 0 fully saturated rings. The van der Waals surface area contributed by atoms with Gasteiger partial charge in [-0.15, -0.1) is 5.10 Å². The SMILES string of the molecule is CCOc1n[nH]c2cc(NC(=O)N[C@@H](c3ccc(F)cc3)C(C)(C)O)nc(CO)c12. The molecule has 0 aliphatic rings. The van der Waals surface area contributed by atoms with Crippen molar-refractivity contribution in [2.45, 2.75) is 39.0 Å². The smallest absolute Gasteiger partial charge is 0.320 e. The lowest BCUT2D eigenvalue weighted by atomic mass is 9.92. The quantitative estimate of drug-likeness (QED) is 0.401. The van der Waals surface area contributed by atoms with Crippen LogP contribution in [-0.4, -0.2) is 43.6 Å². The van der Waals surface area contributed by atoms with Gasteiger partial charge in [0.2, 0.25) is 5.88 Å². The molecule has 160 valence electrons. The Labute approximate surface area is 172 Å². The first-order valence-corrected chi connectivity index (χ1v) is 9.40. The Morgan fingerprint density at radius 1 is 1.33 bits per heavy atom. The zero-order valence-electron chi connectivity index (χ0n) is 16.9. The van der Waals surface area contributed by atoms with Crippen molar-refractivity contribution < 1.29 is 24.1 Å². The Morgan fingerprint density at radius 2 is 2.03 bits per heavy atom. The van der Waals surface area contributed by atoms with Crippen molar-refractivity contribution in [2.24, 2.45) is 0 Å². The van der Waals surface area contributed by atoms with Gasteiger partial charge in [0.25, 0.3) is 0 Å². The summed E-state index contributed by atoms with van der Waals surface area (Å²) in [6.07, 6.45) is 0. The number of pyridine rings is 1. The number of carbonyl (C=O) groups is 1. The number of carbonyl (C=O) groups excluding carboxylic acids is 1. The third kappa shape index (κ3) is 4.66. The second-order valence-corrected chi connectivity index (χ2v) is 7.23. The molecule has 3 aromatic rings. The summed E-state index contributed by atoms with van der Waals surface area (Å²) >= 11 is 0. The van der Waals surface area contributed by atoms with E-state index in [1.54, 1.807) is 6.07 Å². The number of benzene rings is 1. The summed E-state index contributed by atoms with van der Waals surface area (Å²) in [5.74, 6) is 0.0699. The number of aliphatic hydroxyl groups excluding tert-OH is 1. The van der Waals surface area contributed by atoms with E-state index >= 15 is 0 Å². The minimum absolute atomic E-state index is 0.171. The van der Waals surface area contributed by atoms with E-state index in [1.807, 2.05) is 6.92 Å². The minimum Gasteiger partial charge on any atom is -0.476 e.